The molecule has 0 radical (unpaired) electrons. The molecule has 0 amide bonds. The van der Waals surface area contributed by atoms with Gasteiger partial charge < -0.3 is 19.9 Å². The summed E-state index contributed by atoms with van der Waals surface area (Å²) in [5.74, 6) is 1.41. The Kier molecular flexibility index (Phi) is 9.32. The van der Waals surface area contributed by atoms with E-state index >= 15 is 0 Å². The Hall–Kier alpha value is -2.04. The van der Waals surface area contributed by atoms with Crippen LogP contribution in [0.5, 0.6) is 11.5 Å². The molecule has 0 fully saturated rings. The van der Waals surface area contributed by atoms with Crippen molar-refractivity contribution in [1.82, 2.24) is 5.32 Å². The van der Waals surface area contributed by atoms with Crippen LogP contribution >= 0.6 is 0 Å². The van der Waals surface area contributed by atoms with E-state index in [0.717, 1.165) is 30.5 Å². The van der Waals surface area contributed by atoms with E-state index in [4.69, 9.17) is 9.47 Å². The van der Waals surface area contributed by atoms with E-state index in [2.05, 4.69) is 42.6 Å². The topological polar surface area (TPSA) is 50.7 Å². The summed E-state index contributed by atoms with van der Waals surface area (Å²) in [6, 6.07) is 14.8. The first-order valence-electron chi connectivity index (χ1n) is 10.5. The molecule has 0 aromatic heterocycles. The Balaban J connectivity index is 1.98. The van der Waals surface area contributed by atoms with Gasteiger partial charge in [-0.1, -0.05) is 30.3 Å². The smallest absolute Gasteiger partial charge is 0.129 e. The first kappa shape index (κ1) is 22.3. The lowest BCUT2D eigenvalue weighted by molar-refractivity contribution is 0.184. The van der Waals surface area contributed by atoms with Gasteiger partial charge in [0.1, 0.15) is 11.5 Å². The van der Waals surface area contributed by atoms with E-state index in [-0.39, 0.29) is 6.04 Å². The number of ether oxygens (including phenoxy) is 2. The van der Waals surface area contributed by atoms with Crippen molar-refractivity contribution in [2.75, 3.05) is 19.8 Å². The molecular weight excluding hydrogens is 350 g/mol. The van der Waals surface area contributed by atoms with Gasteiger partial charge in [-0.05, 0) is 76.8 Å². The second-order valence-electron chi connectivity index (χ2n) is 7.09. The van der Waals surface area contributed by atoms with E-state index in [1.165, 1.54) is 12.0 Å². The highest BCUT2D eigenvalue weighted by molar-refractivity contribution is 5.50. The molecule has 2 N–H and O–H groups in total. The highest BCUT2D eigenvalue weighted by Crippen LogP contribution is 2.37. The molecule has 0 heterocycles. The van der Waals surface area contributed by atoms with Gasteiger partial charge in [-0.3, -0.25) is 0 Å². The third kappa shape index (κ3) is 6.54. The number of nitrogens with one attached hydrogen (secondary N) is 1. The highest BCUT2D eigenvalue weighted by Gasteiger charge is 2.19. The summed E-state index contributed by atoms with van der Waals surface area (Å²) in [5.41, 5.74) is 3.23. The van der Waals surface area contributed by atoms with Gasteiger partial charge in [0.25, 0.3) is 0 Å². The summed E-state index contributed by atoms with van der Waals surface area (Å²) in [6.07, 6.45) is 2.77. The van der Waals surface area contributed by atoms with Gasteiger partial charge in [-0.25, -0.2) is 0 Å². The number of hydrogen-bond donors (Lipinski definition) is 2. The molecule has 0 aliphatic carbocycles. The Morgan fingerprint density at radius 2 is 1.54 bits per heavy atom. The van der Waals surface area contributed by atoms with Gasteiger partial charge in [-0.2, -0.15) is 0 Å². The average molecular weight is 386 g/mol. The minimum absolute atomic E-state index is 0.179. The van der Waals surface area contributed by atoms with Crippen molar-refractivity contribution in [3.05, 3.63) is 59.2 Å². The van der Waals surface area contributed by atoms with Crippen molar-refractivity contribution in [2.45, 2.75) is 59.1 Å². The van der Waals surface area contributed by atoms with E-state index in [0.29, 0.717) is 24.7 Å². The predicted octanol–water partition coefficient (Wildman–Crippen LogP) is 5.21. The maximum Gasteiger partial charge on any atom is 0.129 e. The van der Waals surface area contributed by atoms with Crippen LogP contribution in [0.25, 0.3) is 0 Å². The quantitative estimate of drug-likeness (QED) is 0.492. The number of aliphatic hydroxyl groups excluding tert-OH is 1. The largest absolute Gasteiger partial charge is 0.493 e. The number of hydrogen-bond acceptors (Lipinski definition) is 4. The van der Waals surface area contributed by atoms with E-state index < -0.39 is 6.10 Å². The van der Waals surface area contributed by atoms with Crippen LogP contribution in [0.3, 0.4) is 0 Å². The van der Waals surface area contributed by atoms with Crippen LogP contribution in [0.2, 0.25) is 0 Å². The predicted molar refractivity (Wildman–Crippen MR) is 115 cm³/mol. The third-order valence-electron chi connectivity index (χ3n) is 4.83. The van der Waals surface area contributed by atoms with Gasteiger partial charge in [0.15, 0.2) is 0 Å². The molecular formula is C24H35NO3. The molecule has 1 unspecified atom stereocenters. The molecule has 154 valence electrons. The standard InChI is InChI=1S/C24H35NO3/c1-5-27-22-16-21(17-23(28-6-2)24(22)19(4)26)18(3)25-15-11-10-14-20-12-8-7-9-13-20/h7-9,12-13,16-19,25-26H,5-6,10-11,14-15H2,1-4H3/t18-,19?/m1/s1. The van der Waals surface area contributed by atoms with Crippen LogP contribution in [0.1, 0.15) is 69.4 Å². The van der Waals surface area contributed by atoms with Crippen molar-refractivity contribution < 1.29 is 14.6 Å². The van der Waals surface area contributed by atoms with Gasteiger partial charge in [-0.15, -0.1) is 0 Å². The fourth-order valence-electron chi connectivity index (χ4n) is 3.37. The van der Waals surface area contributed by atoms with Crippen LogP contribution in [-0.2, 0) is 6.42 Å². The molecule has 0 saturated heterocycles. The molecule has 2 rings (SSSR count). The van der Waals surface area contributed by atoms with Crippen LogP contribution in [0.4, 0.5) is 0 Å². The zero-order valence-electron chi connectivity index (χ0n) is 17.7. The van der Waals surface area contributed by atoms with Crippen LogP contribution < -0.4 is 14.8 Å². The molecule has 0 aliphatic heterocycles. The second-order valence-corrected chi connectivity index (χ2v) is 7.09. The molecule has 0 saturated carbocycles. The Morgan fingerprint density at radius 1 is 0.929 bits per heavy atom. The average Bonchev–Trinajstić information content (AvgIpc) is 2.68. The first-order chi connectivity index (χ1) is 13.6. The Bertz CT molecular complexity index is 673. The van der Waals surface area contributed by atoms with Crippen molar-refractivity contribution in [1.29, 1.82) is 0 Å². The molecule has 28 heavy (non-hydrogen) atoms. The van der Waals surface area contributed by atoms with Crippen molar-refractivity contribution in [3.63, 3.8) is 0 Å². The van der Waals surface area contributed by atoms with Gasteiger partial charge >= 0.3 is 0 Å². The lowest BCUT2D eigenvalue weighted by atomic mass is 10.0. The number of unbranched alkanes of at least 4 members (excludes halogenated alkanes) is 1. The zero-order chi connectivity index (χ0) is 20.4. The van der Waals surface area contributed by atoms with Gasteiger partial charge in [0.05, 0.1) is 24.9 Å². The Morgan fingerprint density at radius 3 is 2.07 bits per heavy atom. The maximum atomic E-state index is 10.2. The zero-order valence-corrected chi connectivity index (χ0v) is 17.7. The summed E-state index contributed by atoms with van der Waals surface area (Å²) in [7, 11) is 0. The summed E-state index contributed by atoms with van der Waals surface area (Å²) in [4.78, 5) is 0. The fraction of sp³-hybridized carbons (Fsp3) is 0.500. The van der Waals surface area contributed by atoms with E-state index in [1.807, 2.05) is 26.0 Å². The summed E-state index contributed by atoms with van der Waals surface area (Å²) in [5, 5.41) is 13.8. The lowest BCUT2D eigenvalue weighted by Gasteiger charge is -2.22. The molecule has 2 aromatic rings. The lowest BCUT2D eigenvalue weighted by Crippen LogP contribution is -2.20. The monoisotopic (exact) mass is 385 g/mol. The van der Waals surface area contributed by atoms with E-state index in [9.17, 15) is 5.11 Å². The second kappa shape index (κ2) is 11.7. The summed E-state index contributed by atoms with van der Waals surface area (Å²) in [6.45, 7) is 9.86. The number of aliphatic hydroxyl groups is 1. The molecule has 0 bridgehead atoms. The molecule has 0 spiro atoms. The molecule has 0 aliphatic rings. The van der Waals surface area contributed by atoms with Crippen LogP contribution in [0.15, 0.2) is 42.5 Å². The highest BCUT2D eigenvalue weighted by atomic mass is 16.5. The van der Waals surface area contributed by atoms with Crippen molar-refractivity contribution in [3.8, 4) is 11.5 Å². The molecule has 2 atom stereocenters. The molecule has 2 aromatic carbocycles. The fourth-order valence-corrected chi connectivity index (χ4v) is 3.37. The molecule has 4 heteroatoms. The number of benzene rings is 2. The third-order valence-corrected chi connectivity index (χ3v) is 4.83. The molecule has 4 nitrogen and oxygen atoms in total. The van der Waals surface area contributed by atoms with Crippen molar-refractivity contribution in [2.24, 2.45) is 0 Å². The minimum atomic E-state index is -0.640. The number of aryl methyl sites for hydroxylation is 1. The van der Waals surface area contributed by atoms with Gasteiger partial charge in [0.2, 0.25) is 0 Å². The summed E-state index contributed by atoms with van der Waals surface area (Å²) < 4.78 is 11.6. The Labute approximate surface area is 169 Å². The first-order valence-corrected chi connectivity index (χ1v) is 10.5. The van der Waals surface area contributed by atoms with Crippen LogP contribution in [0, 0.1) is 0 Å². The normalized spacial score (nSPS) is 13.2. The maximum absolute atomic E-state index is 10.2. The van der Waals surface area contributed by atoms with E-state index in [1.54, 1.807) is 6.92 Å². The SMILES string of the molecule is CCOc1cc([C@@H](C)NCCCCc2ccccc2)cc(OCC)c1C(C)O. The number of rotatable bonds is 12. The van der Waals surface area contributed by atoms with Gasteiger partial charge in [0, 0.05) is 6.04 Å². The minimum Gasteiger partial charge on any atom is -0.493 e. The summed E-state index contributed by atoms with van der Waals surface area (Å²) >= 11 is 0. The van der Waals surface area contributed by atoms with Crippen molar-refractivity contribution >= 4 is 0 Å². The van der Waals surface area contributed by atoms with Crippen LogP contribution in [-0.4, -0.2) is 24.9 Å².